The Morgan fingerprint density at radius 1 is 1.60 bits per heavy atom. The van der Waals surface area contributed by atoms with Gasteiger partial charge in [-0.15, -0.1) is 6.42 Å². The van der Waals surface area contributed by atoms with Crippen LogP contribution < -0.4 is 4.72 Å². The molecule has 0 saturated heterocycles. The molecule has 0 radical (unpaired) electrons. The quantitative estimate of drug-likeness (QED) is 0.488. The molecule has 0 aliphatic rings. The van der Waals surface area contributed by atoms with Crippen molar-refractivity contribution in [3.05, 3.63) is 23.9 Å². The second kappa shape index (κ2) is 5.38. The second-order valence-electron chi connectivity index (χ2n) is 3.30. The molecule has 3 nitrogen and oxygen atoms in total. The van der Waals surface area contributed by atoms with E-state index in [1.807, 2.05) is 6.92 Å². The third kappa shape index (κ3) is 8.28. The molecule has 0 fully saturated rings. The number of alkyl halides is 1. The van der Waals surface area contributed by atoms with Gasteiger partial charge in [0.2, 0.25) is 10.0 Å². The van der Waals surface area contributed by atoms with E-state index in [0.29, 0.717) is 5.70 Å². The molecule has 5 heteroatoms. The van der Waals surface area contributed by atoms with Crippen LogP contribution in [-0.4, -0.2) is 19.0 Å². The first-order valence-corrected chi connectivity index (χ1v) is 6.85. The SMILES string of the molecule is C#CC(C)(Br)/C=C\C=C(/C)NS(C)(=O)=O. The highest BCUT2D eigenvalue weighted by atomic mass is 79.9. The minimum atomic E-state index is -3.20. The van der Waals surface area contributed by atoms with Crippen molar-refractivity contribution in [2.45, 2.75) is 18.2 Å². The molecule has 1 unspecified atom stereocenters. The summed E-state index contributed by atoms with van der Waals surface area (Å²) in [7, 11) is -3.20. The number of nitrogens with one attached hydrogen (secondary N) is 1. The summed E-state index contributed by atoms with van der Waals surface area (Å²) >= 11 is 3.30. The predicted molar refractivity (Wildman–Crippen MR) is 67.0 cm³/mol. The summed E-state index contributed by atoms with van der Waals surface area (Å²) in [5.74, 6) is 2.53. The topological polar surface area (TPSA) is 46.2 Å². The summed E-state index contributed by atoms with van der Waals surface area (Å²) in [4.78, 5) is 0. The summed E-state index contributed by atoms with van der Waals surface area (Å²) in [5, 5.41) is 0. The highest BCUT2D eigenvalue weighted by Crippen LogP contribution is 2.17. The number of terminal acetylenes is 1. The van der Waals surface area contributed by atoms with E-state index in [1.165, 1.54) is 0 Å². The van der Waals surface area contributed by atoms with Crippen LogP contribution in [0.5, 0.6) is 0 Å². The van der Waals surface area contributed by atoms with Gasteiger partial charge in [-0.1, -0.05) is 34.0 Å². The molecule has 0 bridgehead atoms. The van der Waals surface area contributed by atoms with E-state index < -0.39 is 14.3 Å². The van der Waals surface area contributed by atoms with Crippen LogP contribution in [0.4, 0.5) is 0 Å². The van der Waals surface area contributed by atoms with E-state index in [2.05, 4.69) is 26.6 Å². The van der Waals surface area contributed by atoms with Crippen molar-refractivity contribution < 1.29 is 8.42 Å². The zero-order chi connectivity index (χ0) is 12.1. The van der Waals surface area contributed by atoms with E-state index in [1.54, 1.807) is 25.2 Å². The van der Waals surface area contributed by atoms with Gasteiger partial charge in [-0.3, -0.25) is 4.72 Å². The summed E-state index contributed by atoms with van der Waals surface area (Å²) in [6, 6.07) is 0. The number of hydrogen-bond donors (Lipinski definition) is 1. The van der Waals surface area contributed by atoms with E-state index in [4.69, 9.17) is 6.42 Å². The normalized spacial score (nSPS) is 17.1. The Balaban J connectivity index is 4.50. The maximum Gasteiger partial charge on any atom is 0.229 e. The largest absolute Gasteiger partial charge is 0.288 e. The monoisotopic (exact) mass is 291 g/mol. The van der Waals surface area contributed by atoms with Gasteiger partial charge in [0.05, 0.1) is 6.26 Å². The van der Waals surface area contributed by atoms with Crippen molar-refractivity contribution in [2.24, 2.45) is 0 Å². The number of sulfonamides is 1. The lowest BCUT2D eigenvalue weighted by atomic mass is 10.2. The molecule has 0 rings (SSSR count). The van der Waals surface area contributed by atoms with Gasteiger partial charge in [0.1, 0.15) is 4.32 Å². The van der Waals surface area contributed by atoms with Crippen molar-refractivity contribution in [1.82, 2.24) is 4.72 Å². The fourth-order valence-electron chi connectivity index (χ4n) is 0.748. The summed E-state index contributed by atoms with van der Waals surface area (Å²) in [6.07, 6.45) is 11.4. The molecule has 0 heterocycles. The highest BCUT2D eigenvalue weighted by Gasteiger charge is 2.09. The van der Waals surface area contributed by atoms with Crippen LogP contribution in [0.3, 0.4) is 0 Å². The van der Waals surface area contributed by atoms with Crippen LogP contribution in [0.2, 0.25) is 0 Å². The molecule has 0 saturated carbocycles. The zero-order valence-corrected chi connectivity index (χ0v) is 11.3. The average molecular weight is 292 g/mol. The molecule has 84 valence electrons. The first-order chi connectivity index (χ1) is 6.66. The molecule has 0 aliphatic heterocycles. The standard InChI is InChI=1S/C10H14BrNO2S/c1-5-10(3,11)8-6-7-9(2)12-15(4,13)14/h1,6-8,12H,2-4H3/b8-6-,9-7+. The van der Waals surface area contributed by atoms with Crippen LogP contribution in [-0.2, 0) is 10.0 Å². The van der Waals surface area contributed by atoms with E-state index in [0.717, 1.165) is 6.26 Å². The van der Waals surface area contributed by atoms with Crippen molar-refractivity contribution in [3.8, 4) is 12.3 Å². The number of allylic oxidation sites excluding steroid dienone is 4. The van der Waals surface area contributed by atoms with Crippen LogP contribution in [0.15, 0.2) is 23.9 Å². The molecule has 0 aromatic heterocycles. The number of rotatable bonds is 4. The molecule has 0 aromatic carbocycles. The molecule has 15 heavy (non-hydrogen) atoms. The van der Waals surface area contributed by atoms with Gasteiger partial charge in [-0.25, -0.2) is 8.42 Å². The molecule has 1 atom stereocenters. The number of halogens is 1. The lowest BCUT2D eigenvalue weighted by Gasteiger charge is -2.07. The van der Waals surface area contributed by atoms with Crippen LogP contribution in [0, 0.1) is 12.3 Å². The Morgan fingerprint density at radius 2 is 2.13 bits per heavy atom. The minimum Gasteiger partial charge on any atom is -0.288 e. The lowest BCUT2D eigenvalue weighted by molar-refractivity contribution is 0.594. The van der Waals surface area contributed by atoms with Crippen molar-refractivity contribution in [3.63, 3.8) is 0 Å². The van der Waals surface area contributed by atoms with Gasteiger partial charge in [-0.05, 0) is 19.9 Å². The first-order valence-electron chi connectivity index (χ1n) is 4.17. The van der Waals surface area contributed by atoms with Crippen LogP contribution in [0.25, 0.3) is 0 Å². The molecular weight excluding hydrogens is 278 g/mol. The van der Waals surface area contributed by atoms with Gasteiger partial charge in [-0.2, -0.15) is 0 Å². The highest BCUT2D eigenvalue weighted by molar-refractivity contribution is 9.10. The third-order valence-electron chi connectivity index (χ3n) is 1.38. The lowest BCUT2D eigenvalue weighted by Crippen LogP contribution is -2.19. The molecular formula is C10H14BrNO2S. The van der Waals surface area contributed by atoms with Gasteiger partial charge >= 0.3 is 0 Å². The smallest absolute Gasteiger partial charge is 0.229 e. The fourth-order valence-corrected chi connectivity index (χ4v) is 1.55. The maximum absolute atomic E-state index is 10.8. The van der Waals surface area contributed by atoms with Crippen LogP contribution in [0.1, 0.15) is 13.8 Å². The zero-order valence-electron chi connectivity index (χ0n) is 8.91. The van der Waals surface area contributed by atoms with Gasteiger partial charge in [0, 0.05) is 5.70 Å². The van der Waals surface area contributed by atoms with E-state index in [9.17, 15) is 8.42 Å². The van der Waals surface area contributed by atoms with Crippen LogP contribution >= 0.6 is 15.9 Å². The maximum atomic E-state index is 10.8. The Kier molecular flexibility index (Phi) is 5.12. The predicted octanol–water partition coefficient (Wildman–Crippen LogP) is 1.78. The molecule has 1 N–H and O–H groups in total. The van der Waals surface area contributed by atoms with Gasteiger partial charge in [0.15, 0.2) is 0 Å². The van der Waals surface area contributed by atoms with Gasteiger partial charge < -0.3 is 0 Å². The fraction of sp³-hybridized carbons (Fsp3) is 0.400. The summed E-state index contributed by atoms with van der Waals surface area (Å²) in [6.45, 7) is 3.48. The summed E-state index contributed by atoms with van der Waals surface area (Å²) < 4.78 is 23.5. The summed E-state index contributed by atoms with van der Waals surface area (Å²) in [5.41, 5.74) is 0.536. The molecule has 0 amide bonds. The number of hydrogen-bond acceptors (Lipinski definition) is 2. The molecule has 0 aromatic rings. The first kappa shape index (κ1) is 14.3. The third-order valence-corrected chi connectivity index (χ3v) is 2.57. The van der Waals surface area contributed by atoms with Crippen molar-refractivity contribution in [1.29, 1.82) is 0 Å². The Morgan fingerprint density at radius 3 is 2.53 bits per heavy atom. The minimum absolute atomic E-state index is 0.505. The molecule has 0 aliphatic carbocycles. The Labute approximate surface area is 99.8 Å². The molecule has 0 spiro atoms. The van der Waals surface area contributed by atoms with Crippen molar-refractivity contribution in [2.75, 3.05) is 6.26 Å². The Hall–Kier alpha value is -0.730. The van der Waals surface area contributed by atoms with Crippen molar-refractivity contribution >= 4 is 26.0 Å². The van der Waals surface area contributed by atoms with E-state index >= 15 is 0 Å². The average Bonchev–Trinajstić information content (AvgIpc) is 2.00. The van der Waals surface area contributed by atoms with E-state index in [-0.39, 0.29) is 0 Å². The second-order valence-corrected chi connectivity index (χ2v) is 6.70. The Bertz CT molecular complexity index is 413. The van der Waals surface area contributed by atoms with Gasteiger partial charge in [0.25, 0.3) is 0 Å².